The first kappa shape index (κ1) is 21.6. The summed E-state index contributed by atoms with van der Waals surface area (Å²) in [5.74, 6) is -1.04. The Morgan fingerprint density at radius 2 is 1.50 bits per heavy atom. The Balaban J connectivity index is 1.94. The molecule has 6 nitrogen and oxygen atoms in total. The van der Waals surface area contributed by atoms with Crippen LogP contribution in [0.2, 0.25) is 0 Å². The molecule has 0 bridgehead atoms. The summed E-state index contributed by atoms with van der Waals surface area (Å²) in [7, 11) is -2.67. The van der Waals surface area contributed by atoms with Gasteiger partial charge in [-0.15, -0.1) is 0 Å². The molecule has 1 amide bonds. The third kappa shape index (κ3) is 3.65. The molecular weight excluding hydrogens is 426 g/mol. The van der Waals surface area contributed by atoms with Crippen LogP contribution in [0.25, 0.3) is 0 Å². The van der Waals surface area contributed by atoms with Crippen LogP contribution in [-0.2, 0) is 14.6 Å². The van der Waals surface area contributed by atoms with E-state index in [0.717, 1.165) is 11.1 Å². The molecule has 1 aliphatic heterocycles. The summed E-state index contributed by atoms with van der Waals surface area (Å²) in [6.45, 7) is 3.77. The molecule has 1 aliphatic rings. The number of ether oxygens (including phenoxy) is 1. The van der Waals surface area contributed by atoms with Crippen molar-refractivity contribution in [3.05, 3.63) is 100 Å². The van der Waals surface area contributed by atoms with E-state index in [0.29, 0.717) is 17.0 Å². The van der Waals surface area contributed by atoms with Crippen molar-refractivity contribution in [2.45, 2.75) is 24.8 Å². The molecule has 0 spiro atoms. The maximum Gasteiger partial charge on any atom is 0.295 e. The zero-order valence-electron chi connectivity index (χ0n) is 17.9. The Morgan fingerprint density at radius 3 is 2.09 bits per heavy atom. The van der Waals surface area contributed by atoms with E-state index >= 15 is 0 Å². The van der Waals surface area contributed by atoms with Gasteiger partial charge in [0.2, 0.25) is 9.84 Å². The lowest BCUT2D eigenvalue weighted by atomic mass is 10.1. The van der Waals surface area contributed by atoms with Crippen molar-refractivity contribution < 1.29 is 23.1 Å². The number of sulfone groups is 1. The van der Waals surface area contributed by atoms with Gasteiger partial charge in [0.05, 0.1) is 12.0 Å². The number of aryl methyl sites for hydroxylation is 2. The van der Waals surface area contributed by atoms with E-state index in [4.69, 9.17) is 4.74 Å². The highest BCUT2D eigenvalue weighted by atomic mass is 32.2. The molecule has 1 unspecified atom stereocenters. The van der Waals surface area contributed by atoms with Gasteiger partial charge in [0.1, 0.15) is 16.7 Å². The van der Waals surface area contributed by atoms with Crippen molar-refractivity contribution in [3.8, 4) is 5.75 Å². The number of hydrogen-bond donors (Lipinski definition) is 1. The molecule has 0 radical (unpaired) electrons. The van der Waals surface area contributed by atoms with Gasteiger partial charge in [-0.05, 0) is 55.8 Å². The second-order valence-corrected chi connectivity index (χ2v) is 9.64. The number of aliphatic hydroxyl groups excluding tert-OH is 1. The van der Waals surface area contributed by atoms with Crippen LogP contribution in [0.5, 0.6) is 5.75 Å². The minimum absolute atomic E-state index is 0.0103. The molecule has 3 aromatic carbocycles. The third-order valence-electron chi connectivity index (χ3n) is 5.50. The number of rotatable bonds is 5. The summed E-state index contributed by atoms with van der Waals surface area (Å²) in [4.78, 5) is 14.2. The van der Waals surface area contributed by atoms with Gasteiger partial charge in [-0.1, -0.05) is 47.5 Å². The molecule has 4 rings (SSSR count). The van der Waals surface area contributed by atoms with Crippen LogP contribution in [0.3, 0.4) is 0 Å². The van der Waals surface area contributed by atoms with Crippen LogP contribution in [0.1, 0.15) is 22.7 Å². The van der Waals surface area contributed by atoms with Gasteiger partial charge in [-0.2, -0.15) is 0 Å². The highest BCUT2D eigenvalue weighted by Crippen LogP contribution is 2.45. The van der Waals surface area contributed by atoms with Gasteiger partial charge in [0.25, 0.3) is 5.91 Å². The number of carbonyl (C=O) groups is 1. The fourth-order valence-corrected chi connectivity index (χ4v) is 5.41. The van der Waals surface area contributed by atoms with Gasteiger partial charge in [0, 0.05) is 5.69 Å². The smallest absolute Gasteiger partial charge is 0.295 e. The van der Waals surface area contributed by atoms with Crippen LogP contribution in [0.15, 0.2) is 88.4 Å². The molecule has 0 fully saturated rings. The summed E-state index contributed by atoms with van der Waals surface area (Å²) in [5, 5.41) is 10.8. The highest BCUT2D eigenvalue weighted by Gasteiger charge is 2.47. The number of carbonyl (C=O) groups excluding carboxylic acids is 1. The lowest BCUT2D eigenvalue weighted by Crippen LogP contribution is -2.31. The van der Waals surface area contributed by atoms with E-state index in [-0.39, 0.29) is 9.80 Å². The summed E-state index contributed by atoms with van der Waals surface area (Å²) in [5.41, 5.74) is 2.88. The standard InChI is InChI=1S/C25H23NO5S/c1-16-7-11-19(12-8-16)26-22(18-5-4-6-20(15-18)31-3)24(23(27)25(26)28)32(29,30)21-13-9-17(2)10-14-21/h4-15,22,27H,1-3H3. The second-order valence-electron chi connectivity index (χ2n) is 7.72. The molecule has 0 aromatic heterocycles. The number of anilines is 1. The van der Waals surface area contributed by atoms with E-state index in [1.807, 2.05) is 26.0 Å². The fourth-order valence-electron chi connectivity index (χ4n) is 3.79. The Morgan fingerprint density at radius 1 is 0.906 bits per heavy atom. The minimum Gasteiger partial charge on any atom is -0.502 e. The van der Waals surface area contributed by atoms with Gasteiger partial charge in [0.15, 0.2) is 5.76 Å². The van der Waals surface area contributed by atoms with Crippen molar-refractivity contribution in [1.82, 2.24) is 0 Å². The average molecular weight is 450 g/mol. The minimum atomic E-state index is -4.18. The molecule has 1 atom stereocenters. The van der Waals surface area contributed by atoms with Crippen LogP contribution in [0, 0.1) is 13.8 Å². The van der Waals surface area contributed by atoms with Gasteiger partial charge >= 0.3 is 0 Å². The monoisotopic (exact) mass is 449 g/mol. The first-order valence-corrected chi connectivity index (χ1v) is 11.5. The number of nitrogens with zero attached hydrogens (tertiary/aromatic N) is 1. The second kappa shape index (κ2) is 8.16. The third-order valence-corrected chi connectivity index (χ3v) is 7.39. The molecule has 1 heterocycles. The maximum atomic E-state index is 13.6. The van der Waals surface area contributed by atoms with Gasteiger partial charge < -0.3 is 9.84 Å². The summed E-state index contributed by atoms with van der Waals surface area (Å²) in [6.07, 6.45) is 0. The average Bonchev–Trinajstić information content (AvgIpc) is 3.06. The maximum absolute atomic E-state index is 13.6. The molecule has 0 saturated carbocycles. The van der Waals surface area contributed by atoms with Crippen LogP contribution in [-0.4, -0.2) is 26.5 Å². The van der Waals surface area contributed by atoms with Crippen LogP contribution >= 0.6 is 0 Å². The van der Waals surface area contributed by atoms with E-state index in [1.165, 1.54) is 24.1 Å². The zero-order valence-corrected chi connectivity index (χ0v) is 18.8. The van der Waals surface area contributed by atoms with Crippen LogP contribution < -0.4 is 9.64 Å². The summed E-state index contributed by atoms with van der Waals surface area (Å²) in [6, 6.07) is 19.2. The van der Waals surface area contributed by atoms with Crippen molar-refractivity contribution in [2.24, 2.45) is 0 Å². The number of benzene rings is 3. The fraction of sp³-hybridized carbons (Fsp3) is 0.160. The quantitative estimate of drug-likeness (QED) is 0.613. The molecule has 32 heavy (non-hydrogen) atoms. The Kier molecular flexibility index (Phi) is 5.52. The molecule has 7 heteroatoms. The Bertz CT molecular complexity index is 1310. The normalized spacial score (nSPS) is 16.5. The Labute approximate surface area is 187 Å². The van der Waals surface area contributed by atoms with Crippen molar-refractivity contribution in [2.75, 3.05) is 12.0 Å². The molecule has 1 N–H and O–H groups in total. The molecular formula is C25H23NO5S. The predicted octanol–water partition coefficient (Wildman–Crippen LogP) is 4.64. The SMILES string of the molecule is COc1cccc(C2C(S(=O)(=O)c3ccc(C)cc3)=C(O)C(=O)N2c2ccc(C)cc2)c1. The number of methoxy groups -OCH3 is 1. The number of hydrogen-bond acceptors (Lipinski definition) is 5. The van der Waals surface area contributed by atoms with Gasteiger partial charge in [-0.3, -0.25) is 9.69 Å². The van der Waals surface area contributed by atoms with Gasteiger partial charge in [-0.25, -0.2) is 8.42 Å². The van der Waals surface area contributed by atoms with Crippen LogP contribution in [0.4, 0.5) is 5.69 Å². The first-order valence-electron chi connectivity index (χ1n) is 10.0. The number of aliphatic hydroxyl groups is 1. The van der Waals surface area contributed by atoms with E-state index in [9.17, 15) is 18.3 Å². The first-order chi connectivity index (χ1) is 15.2. The molecule has 0 aliphatic carbocycles. The van der Waals surface area contributed by atoms with E-state index in [2.05, 4.69) is 0 Å². The zero-order chi connectivity index (χ0) is 23.0. The lowest BCUT2D eigenvalue weighted by molar-refractivity contribution is -0.117. The predicted molar refractivity (Wildman–Crippen MR) is 122 cm³/mol. The largest absolute Gasteiger partial charge is 0.502 e. The highest BCUT2D eigenvalue weighted by molar-refractivity contribution is 7.95. The van der Waals surface area contributed by atoms with E-state index in [1.54, 1.807) is 48.5 Å². The lowest BCUT2D eigenvalue weighted by Gasteiger charge is -2.27. The topological polar surface area (TPSA) is 83.9 Å². The van der Waals surface area contributed by atoms with Crippen molar-refractivity contribution in [1.29, 1.82) is 0 Å². The van der Waals surface area contributed by atoms with Crippen molar-refractivity contribution in [3.63, 3.8) is 0 Å². The van der Waals surface area contributed by atoms with E-state index < -0.39 is 27.5 Å². The molecule has 3 aromatic rings. The Hall–Kier alpha value is -3.58. The number of amides is 1. The molecule has 164 valence electrons. The van der Waals surface area contributed by atoms with Crippen molar-refractivity contribution >= 4 is 21.4 Å². The summed E-state index contributed by atoms with van der Waals surface area (Å²) >= 11 is 0. The molecule has 0 saturated heterocycles. The summed E-state index contributed by atoms with van der Waals surface area (Å²) < 4.78 is 32.6.